The van der Waals surface area contributed by atoms with Crippen molar-refractivity contribution in [3.8, 4) is 0 Å². The van der Waals surface area contributed by atoms with E-state index >= 15 is 0 Å². The lowest BCUT2D eigenvalue weighted by Crippen LogP contribution is -2.13. The highest BCUT2D eigenvalue weighted by molar-refractivity contribution is 6.31. The molecule has 1 saturated carbocycles. The summed E-state index contributed by atoms with van der Waals surface area (Å²) in [4.78, 5) is 0. The van der Waals surface area contributed by atoms with E-state index in [4.69, 9.17) is 11.6 Å². The van der Waals surface area contributed by atoms with Gasteiger partial charge in [-0.2, -0.15) is 5.10 Å². The molecule has 1 aromatic rings. The fourth-order valence-electron chi connectivity index (χ4n) is 2.04. The first-order chi connectivity index (χ1) is 7.72. The Balaban J connectivity index is 1.93. The zero-order chi connectivity index (χ0) is 11.5. The highest BCUT2D eigenvalue weighted by atomic mass is 35.5. The molecule has 0 amide bonds. The van der Waals surface area contributed by atoms with Crippen LogP contribution in [0.5, 0.6) is 0 Å². The molecule has 0 radical (unpaired) electrons. The van der Waals surface area contributed by atoms with Gasteiger partial charge in [-0.05, 0) is 38.0 Å². The van der Waals surface area contributed by atoms with E-state index in [1.54, 1.807) is 6.20 Å². The van der Waals surface area contributed by atoms with Crippen molar-refractivity contribution < 1.29 is 5.11 Å². The van der Waals surface area contributed by atoms with Crippen molar-refractivity contribution in [3.05, 3.63) is 16.9 Å². The maximum Gasteiger partial charge on any atom is 0.0817 e. The number of aliphatic hydroxyl groups is 1. The largest absolute Gasteiger partial charge is 0.393 e. The fraction of sp³-hybridized carbons (Fsp3) is 0.750. The van der Waals surface area contributed by atoms with Crippen LogP contribution in [-0.2, 0) is 13.0 Å². The van der Waals surface area contributed by atoms with Gasteiger partial charge < -0.3 is 5.11 Å². The first-order valence-corrected chi connectivity index (χ1v) is 6.48. The highest BCUT2D eigenvalue weighted by Gasteiger charge is 2.29. The average molecular weight is 243 g/mol. The molecule has 4 heteroatoms. The van der Waals surface area contributed by atoms with Crippen LogP contribution in [0.4, 0.5) is 0 Å². The van der Waals surface area contributed by atoms with Crippen LogP contribution in [0.1, 0.15) is 38.3 Å². The van der Waals surface area contributed by atoms with Crippen molar-refractivity contribution in [2.24, 2.45) is 5.92 Å². The molecule has 1 aliphatic carbocycles. The summed E-state index contributed by atoms with van der Waals surface area (Å²) in [5.41, 5.74) is 1.07. The molecule has 1 fully saturated rings. The van der Waals surface area contributed by atoms with E-state index in [9.17, 15) is 5.11 Å². The van der Waals surface area contributed by atoms with Crippen molar-refractivity contribution in [1.29, 1.82) is 0 Å². The second kappa shape index (κ2) is 5.19. The quantitative estimate of drug-likeness (QED) is 0.833. The molecule has 0 aromatic carbocycles. The van der Waals surface area contributed by atoms with Crippen molar-refractivity contribution in [3.63, 3.8) is 0 Å². The summed E-state index contributed by atoms with van der Waals surface area (Å²) in [6.45, 7) is 3.03. The molecular weight excluding hydrogens is 224 g/mol. The molecule has 0 bridgehead atoms. The van der Waals surface area contributed by atoms with Crippen molar-refractivity contribution in [2.45, 2.75) is 51.7 Å². The van der Waals surface area contributed by atoms with Gasteiger partial charge >= 0.3 is 0 Å². The van der Waals surface area contributed by atoms with E-state index in [1.807, 2.05) is 4.68 Å². The van der Waals surface area contributed by atoms with Crippen molar-refractivity contribution in [2.75, 3.05) is 0 Å². The van der Waals surface area contributed by atoms with Crippen LogP contribution in [0.2, 0.25) is 5.02 Å². The maximum atomic E-state index is 9.83. The first-order valence-electron chi connectivity index (χ1n) is 6.10. The van der Waals surface area contributed by atoms with Gasteiger partial charge in [-0.25, -0.2) is 0 Å². The number of hydrogen-bond donors (Lipinski definition) is 1. The number of halogens is 1. The summed E-state index contributed by atoms with van der Waals surface area (Å²) in [5.74, 6) is 0.543. The minimum Gasteiger partial charge on any atom is -0.393 e. The molecule has 2 rings (SSSR count). The molecule has 1 N–H and O–H groups in total. The molecule has 16 heavy (non-hydrogen) atoms. The summed E-state index contributed by atoms with van der Waals surface area (Å²) in [5, 5.41) is 14.8. The number of rotatable bonds is 6. The van der Waals surface area contributed by atoms with Gasteiger partial charge in [0.1, 0.15) is 0 Å². The Labute approximate surface area is 101 Å². The lowest BCUT2D eigenvalue weighted by Gasteiger charge is -2.10. The molecule has 1 unspecified atom stereocenters. The highest BCUT2D eigenvalue weighted by Crippen LogP contribution is 2.34. The summed E-state index contributed by atoms with van der Waals surface area (Å²) in [6, 6.07) is 0. The molecule has 1 atom stereocenters. The Bertz CT molecular complexity index is 347. The molecule has 1 heterocycles. The summed E-state index contributed by atoms with van der Waals surface area (Å²) in [7, 11) is 0. The number of nitrogens with zero attached hydrogens (tertiary/aromatic N) is 2. The van der Waals surface area contributed by atoms with Gasteiger partial charge in [-0.3, -0.25) is 4.68 Å². The third-order valence-electron chi connectivity index (χ3n) is 3.18. The Morgan fingerprint density at radius 1 is 1.62 bits per heavy atom. The maximum absolute atomic E-state index is 9.83. The molecule has 0 aliphatic heterocycles. The number of hydrogen-bond acceptors (Lipinski definition) is 2. The molecule has 1 aliphatic rings. The molecule has 90 valence electrons. The van der Waals surface area contributed by atoms with Crippen LogP contribution in [-0.4, -0.2) is 21.0 Å². The molecular formula is C12H19ClN2O. The second-order valence-corrected chi connectivity index (χ2v) is 5.01. The predicted octanol–water partition coefficient (Wildman–Crippen LogP) is 2.65. The Morgan fingerprint density at radius 3 is 3.00 bits per heavy atom. The van der Waals surface area contributed by atoms with Crippen molar-refractivity contribution in [1.82, 2.24) is 9.78 Å². The fourth-order valence-corrected chi connectivity index (χ4v) is 2.28. The number of aryl methyl sites for hydroxylation is 1. The van der Waals surface area contributed by atoms with E-state index in [-0.39, 0.29) is 6.10 Å². The molecule has 0 saturated heterocycles. The second-order valence-electron chi connectivity index (χ2n) is 4.61. The van der Waals surface area contributed by atoms with Gasteiger partial charge in [0.05, 0.1) is 23.0 Å². The minimum absolute atomic E-state index is 0.152. The first kappa shape index (κ1) is 11.9. The topological polar surface area (TPSA) is 38.0 Å². The van der Waals surface area contributed by atoms with Gasteiger partial charge in [0, 0.05) is 6.54 Å². The van der Waals surface area contributed by atoms with Crippen LogP contribution in [0.3, 0.4) is 0 Å². The van der Waals surface area contributed by atoms with E-state index in [0.29, 0.717) is 5.92 Å². The summed E-state index contributed by atoms with van der Waals surface area (Å²) in [6.07, 6.45) is 6.61. The third kappa shape index (κ3) is 2.77. The minimum atomic E-state index is -0.152. The van der Waals surface area contributed by atoms with Gasteiger partial charge in [0.2, 0.25) is 0 Å². The van der Waals surface area contributed by atoms with E-state index in [1.165, 1.54) is 12.8 Å². The molecule has 0 spiro atoms. The lowest BCUT2D eigenvalue weighted by atomic mass is 10.1. The van der Waals surface area contributed by atoms with Crippen LogP contribution in [0.25, 0.3) is 0 Å². The zero-order valence-electron chi connectivity index (χ0n) is 9.69. The van der Waals surface area contributed by atoms with E-state index in [0.717, 1.165) is 36.5 Å². The summed E-state index contributed by atoms with van der Waals surface area (Å²) < 4.78 is 1.96. The monoisotopic (exact) mass is 242 g/mol. The van der Waals surface area contributed by atoms with Crippen molar-refractivity contribution >= 4 is 11.6 Å². The van der Waals surface area contributed by atoms with Gasteiger partial charge in [-0.15, -0.1) is 0 Å². The van der Waals surface area contributed by atoms with Crippen LogP contribution < -0.4 is 0 Å². The zero-order valence-corrected chi connectivity index (χ0v) is 10.5. The van der Waals surface area contributed by atoms with Gasteiger partial charge in [-0.1, -0.05) is 18.5 Å². The average Bonchev–Trinajstić information content (AvgIpc) is 3.04. The predicted molar refractivity (Wildman–Crippen MR) is 64.6 cm³/mol. The number of aliphatic hydroxyl groups excluding tert-OH is 1. The van der Waals surface area contributed by atoms with Crippen LogP contribution in [0.15, 0.2) is 6.20 Å². The standard InChI is InChI=1S/C12H19ClN2O/c1-2-7-15-11(10(13)8-14-15)5-6-12(16)9-3-4-9/h8-9,12,16H,2-7H2,1H3. The van der Waals surface area contributed by atoms with Gasteiger partial charge in [0.15, 0.2) is 0 Å². The normalized spacial score (nSPS) is 17.7. The SMILES string of the molecule is CCCn1ncc(Cl)c1CCC(O)C1CC1. The Morgan fingerprint density at radius 2 is 2.38 bits per heavy atom. The smallest absolute Gasteiger partial charge is 0.0817 e. The van der Waals surface area contributed by atoms with E-state index in [2.05, 4.69) is 12.0 Å². The summed E-state index contributed by atoms with van der Waals surface area (Å²) >= 11 is 6.09. The van der Waals surface area contributed by atoms with E-state index < -0.39 is 0 Å². The Kier molecular flexibility index (Phi) is 3.87. The Hall–Kier alpha value is -0.540. The third-order valence-corrected chi connectivity index (χ3v) is 3.49. The van der Waals surface area contributed by atoms with Crippen LogP contribution >= 0.6 is 11.6 Å². The number of aromatic nitrogens is 2. The lowest BCUT2D eigenvalue weighted by molar-refractivity contribution is 0.141. The molecule has 3 nitrogen and oxygen atoms in total. The molecule has 1 aromatic heterocycles. The van der Waals surface area contributed by atoms with Crippen LogP contribution in [0, 0.1) is 5.92 Å². The van der Waals surface area contributed by atoms with Gasteiger partial charge in [0.25, 0.3) is 0 Å².